The second-order valence-corrected chi connectivity index (χ2v) is 6.64. The second-order valence-electron chi connectivity index (χ2n) is 6.64. The summed E-state index contributed by atoms with van der Waals surface area (Å²) >= 11 is 0. The Balaban J connectivity index is 2.40. The first-order valence-electron chi connectivity index (χ1n) is 7.59. The van der Waals surface area contributed by atoms with Crippen molar-refractivity contribution in [2.45, 2.75) is 77.6 Å². The fourth-order valence-electron chi connectivity index (χ4n) is 2.85. The van der Waals surface area contributed by atoms with Gasteiger partial charge in [-0.1, -0.05) is 27.2 Å². The Morgan fingerprint density at radius 2 is 1.85 bits per heavy atom. The summed E-state index contributed by atoms with van der Waals surface area (Å²) in [6, 6.07) is -0.0372. The van der Waals surface area contributed by atoms with Gasteiger partial charge in [-0.3, -0.25) is 0 Å². The average molecular weight is 295 g/mol. The zero-order chi connectivity index (χ0) is 15.4. The Kier molecular flexibility index (Phi) is 6.32. The van der Waals surface area contributed by atoms with Gasteiger partial charge >= 0.3 is 6.18 Å². The number of alkyl halides is 3. The highest BCUT2D eigenvalue weighted by Gasteiger charge is 2.36. The highest BCUT2D eigenvalue weighted by Crippen LogP contribution is 2.41. The van der Waals surface area contributed by atoms with Crippen LogP contribution in [0, 0.1) is 11.3 Å². The molecule has 2 N–H and O–H groups in total. The number of nitrogens with two attached hydrogens (primary N) is 1. The van der Waals surface area contributed by atoms with Crippen LogP contribution in [0.4, 0.5) is 13.2 Å². The molecule has 0 saturated heterocycles. The Morgan fingerprint density at radius 3 is 2.40 bits per heavy atom. The van der Waals surface area contributed by atoms with Crippen molar-refractivity contribution in [2.24, 2.45) is 17.1 Å². The van der Waals surface area contributed by atoms with Gasteiger partial charge in [0, 0.05) is 19.1 Å². The predicted octanol–water partition coefficient (Wildman–Crippen LogP) is 4.28. The first-order chi connectivity index (χ1) is 9.15. The van der Waals surface area contributed by atoms with E-state index in [0.717, 1.165) is 25.7 Å². The lowest BCUT2D eigenvalue weighted by molar-refractivity contribution is -0.139. The highest BCUT2D eigenvalue weighted by molar-refractivity contribution is 4.89. The monoisotopic (exact) mass is 295 g/mol. The first-order valence-corrected chi connectivity index (χ1v) is 7.59. The zero-order valence-corrected chi connectivity index (χ0v) is 12.8. The molecule has 5 heteroatoms. The van der Waals surface area contributed by atoms with Crippen LogP contribution < -0.4 is 5.73 Å². The summed E-state index contributed by atoms with van der Waals surface area (Å²) < 4.78 is 41.9. The smallest absolute Gasteiger partial charge is 0.377 e. The van der Waals surface area contributed by atoms with Crippen molar-refractivity contribution in [3.05, 3.63) is 0 Å². The maximum atomic E-state index is 12.1. The molecular formula is C15H28F3NO. The SMILES string of the molecule is CCC(C)(C)C1CCC(N)C(OCCCC(F)(F)F)C1. The predicted molar refractivity (Wildman–Crippen MR) is 74.4 cm³/mol. The van der Waals surface area contributed by atoms with Gasteiger partial charge < -0.3 is 10.5 Å². The number of halogens is 3. The molecule has 1 rings (SSSR count). The van der Waals surface area contributed by atoms with Crippen molar-refractivity contribution in [1.29, 1.82) is 0 Å². The third-order valence-electron chi connectivity index (χ3n) is 4.80. The lowest BCUT2D eigenvalue weighted by Crippen LogP contribution is -2.45. The van der Waals surface area contributed by atoms with Crippen molar-refractivity contribution in [1.82, 2.24) is 0 Å². The quantitative estimate of drug-likeness (QED) is 0.742. The molecule has 120 valence electrons. The largest absolute Gasteiger partial charge is 0.389 e. The molecule has 0 heterocycles. The van der Waals surface area contributed by atoms with Crippen LogP contribution in [0.25, 0.3) is 0 Å². The Hall–Kier alpha value is -0.290. The van der Waals surface area contributed by atoms with Gasteiger partial charge in [-0.2, -0.15) is 13.2 Å². The number of rotatable bonds is 6. The van der Waals surface area contributed by atoms with Crippen LogP contribution in [0.5, 0.6) is 0 Å². The van der Waals surface area contributed by atoms with Gasteiger partial charge in [-0.15, -0.1) is 0 Å². The number of ether oxygens (including phenoxy) is 1. The first kappa shape index (κ1) is 17.8. The molecule has 0 bridgehead atoms. The molecule has 0 aromatic rings. The third kappa shape index (κ3) is 5.60. The molecule has 0 amide bonds. The molecule has 0 spiro atoms. The minimum Gasteiger partial charge on any atom is -0.377 e. The molecule has 0 radical (unpaired) electrons. The van der Waals surface area contributed by atoms with Gasteiger partial charge in [0.15, 0.2) is 0 Å². The van der Waals surface area contributed by atoms with Crippen LogP contribution in [0.3, 0.4) is 0 Å². The molecule has 1 fully saturated rings. The van der Waals surface area contributed by atoms with E-state index in [0.29, 0.717) is 5.92 Å². The van der Waals surface area contributed by atoms with Crippen LogP contribution in [0.15, 0.2) is 0 Å². The molecular weight excluding hydrogens is 267 g/mol. The summed E-state index contributed by atoms with van der Waals surface area (Å²) in [5, 5.41) is 0. The normalized spacial score (nSPS) is 28.6. The summed E-state index contributed by atoms with van der Waals surface area (Å²) in [5.74, 6) is 0.542. The molecule has 3 atom stereocenters. The van der Waals surface area contributed by atoms with Gasteiger partial charge in [0.1, 0.15) is 0 Å². The summed E-state index contributed by atoms with van der Waals surface area (Å²) in [7, 11) is 0. The van der Waals surface area contributed by atoms with Gasteiger partial charge in [-0.25, -0.2) is 0 Å². The van der Waals surface area contributed by atoms with E-state index in [9.17, 15) is 13.2 Å². The average Bonchev–Trinajstić information content (AvgIpc) is 2.35. The third-order valence-corrected chi connectivity index (χ3v) is 4.80. The van der Waals surface area contributed by atoms with Crippen molar-refractivity contribution in [2.75, 3.05) is 6.61 Å². The van der Waals surface area contributed by atoms with Crippen LogP contribution >= 0.6 is 0 Å². The van der Waals surface area contributed by atoms with Crippen molar-refractivity contribution >= 4 is 0 Å². The van der Waals surface area contributed by atoms with Crippen LogP contribution in [0.1, 0.15) is 59.3 Å². The molecule has 1 saturated carbocycles. The fourth-order valence-corrected chi connectivity index (χ4v) is 2.85. The van der Waals surface area contributed by atoms with E-state index in [1.165, 1.54) is 0 Å². The summed E-state index contributed by atoms with van der Waals surface area (Å²) in [4.78, 5) is 0. The van der Waals surface area contributed by atoms with Crippen LogP contribution in [0.2, 0.25) is 0 Å². The topological polar surface area (TPSA) is 35.2 Å². The van der Waals surface area contributed by atoms with Gasteiger partial charge in [0.2, 0.25) is 0 Å². The number of hydrogen-bond acceptors (Lipinski definition) is 2. The molecule has 2 nitrogen and oxygen atoms in total. The lowest BCUT2D eigenvalue weighted by Gasteiger charge is -2.42. The molecule has 0 aromatic carbocycles. The van der Waals surface area contributed by atoms with E-state index in [1.54, 1.807) is 0 Å². The molecule has 1 aliphatic carbocycles. The Bertz CT molecular complexity index is 291. The van der Waals surface area contributed by atoms with E-state index < -0.39 is 12.6 Å². The van der Waals surface area contributed by atoms with Crippen molar-refractivity contribution in [3.63, 3.8) is 0 Å². The maximum Gasteiger partial charge on any atom is 0.389 e. The van der Waals surface area contributed by atoms with E-state index in [1.807, 2.05) is 0 Å². The van der Waals surface area contributed by atoms with Crippen LogP contribution in [-0.4, -0.2) is 24.9 Å². The molecule has 20 heavy (non-hydrogen) atoms. The molecule has 0 aliphatic heterocycles. The molecule has 1 aliphatic rings. The van der Waals surface area contributed by atoms with Gasteiger partial charge in [0.25, 0.3) is 0 Å². The van der Waals surface area contributed by atoms with Crippen molar-refractivity contribution in [3.8, 4) is 0 Å². The second kappa shape index (κ2) is 7.12. The van der Waals surface area contributed by atoms with Crippen molar-refractivity contribution < 1.29 is 17.9 Å². The molecule has 3 unspecified atom stereocenters. The Labute approximate surface area is 120 Å². The maximum absolute atomic E-state index is 12.1. The Morgan fingerprint density at radius 1 is 1.20 bits per heavy atom. The van der Waals surface area contributed by atoms with Crippen LogP contribution in [-0.2, 0) is 4.74 Å². The zero-order valence-electron chi connectivity index (χ0n) is 12.8. The lowest BCUT2D eigenvalue weighted by atomic mass is 9.68. The summed E-state index contributed by atoms with van der Waals surface area (Å²) in [6.45, 7) is 6.81. The highest BCUT2D eigenvalue weighted by atomic mass is 19.4. The van der Waals surface area contributed by atoms with Gasteiger partial charge in [-0.05, 0) is 37.0 Å². The van der Waals surface area contributed by atoms with Gasteiger partial charge in [0.05, 0.1) is 6.10 Å². The van der Waals surface area contributed by atoms with E-state index in [-0.39, 0.29) is 30.6 Å². The molecule has 0 aromatic heterocycles. The fraction of sp³-hybridized carbons (Fsp3) is 1.00. The van der Waals surface area contributed by atoms with E-state index >= 15 is 0 Å². The standard InChI is InChI=1S/C15H28F3NO/c1-4-14(2,3)11-6-7-12(19)13(10-11)20-9-5-8-15(16,17)18/h11-13H,4-10,19H2,1-3H3. The minimum absolute atomic E-state index is 0.0224. The summed E-state index contributed by atoms with van der Waals surface area (Å²) in [5.41, 5.74) is 6.29. The summed E-state index contributed by atoms with van der Waals surface area (Å²) in [6.07, 6.45) is -0.990. The van der Waals surface area contributed by atoms with E-state index in [2.05, 4.69) is 20.8 Å². The van der Waals surface area contributed by atoms with E-state index in [4.69, 9.17) is 10.5 Å². The minimum atomic E-state index is -4.09. The number of hydrogen-bond donors (Lipinski definition) is 1.